The van der Waals surface area contributed by atoms with Crippen molar-refractivity contribution < 1.29 is 0 Å². The fourth-order valence-electron chi connectivity index (χ4n) is 2.27. The summed E-state index contributed by atoms with van der Waals surface area (Å²) < 4.78 is 1.78. The zero-order valence-corrected chi connectivity index (χ0v) is 13.2. The van der Waals surface area contributed by atoms with E-state index in [1.54, 1.807) is 16.9 Å². The number of rotatable bonds is 3. The van der Waals surface area contributed by atoms with Gasteiger partial charge < -0.3 is 5.32 Å². The monoisotopic (exact) mass is 320 g/mol. The summed E-state index contributed by atoms with van der Waals surface area (Å²) in [6.07, 6.45) is 1.80. The van der Waals surface area contributed by atoms with Crippen LogP contribution in [0.1, 0.15) is 11.3 Å². The molecule has 108 valence electrons. The minimum atomic E-state index is 0.614. The molecule has 0 fully saturated rings. The van der Waals surface area contributed by atoms with Gasteiger partial charge >= 0.3 is 0 Å². The number of hydrogen-bond acceptors (Lipinski definition) is 3. The number of nitrogens with one attached hydrogen (secondary N) is 1. The summed E-state index contributed by atoms with van der Waals surface area (Å²) in [6, 6.07) is 7.54. The summed E-state index contributed by atoms with van der Waals surface area (Å²) in [5.41, 5.74) is 3.77. The number of anilines is 1. The fourth-order valence-corrected chi connectivity index (χ4v) is 2.74. The van der Waals surface area contributed by atoms with Crippen LogP contribution in [0.15, 0.2) is 30.5 Å². The molecule has 1 aromatic carbocycles. The first-order valence-electron chi connectivity index (χ1n) is 6.52. The molecule has 0 aliphatic heterocycles. The SMILES string of the molecule is Cc1nn(C)c2ncc(NCc3ccc(Cl)cc3Cl)cc12. The maximum atomic E-state index is 6.17. The van der Waals surface area contributed by atoms with Gasteiger partial charge in [0.05, 0.1) is 17.6 Å². The van der Waals surface area contributed by atoms with Gasteiger partial charge in [0.1, 0.15) is 0 Å². The highest BCUT2D eigenvalue weighted by Crippen LogP contribution is 2.23. The van der Waals surface area contributed by atoms with Crippen LogP contribution in [0.25, 0.3) is 11.0 Å². The third-order valence-corrected chi connectivity index (χ3v) is 3.95. The van der Waals surface area contributed by atoms with Crippen molar-refractivity contribution in [3.63, 3.8) is 0 Å². The van der Waals surface area contributed by atoms with Crippen LogP contribution in [0, 0.1) is 6.92 Å². The van der Waals surface area contributed by atoms with Gasteiger partial charge in [0.15, 0.2) is 5.65 Å². The maximum Gasteiger partial charge on any atom is 0.157 e. The van der Waals surface area contributed by atoms with Crippen molar-refractivity contribution in [3.05, 3.63) is 51.8 Å². The maximum absolute atomic E-state index is 6.17. The van der Waals surface area contributed by atoms with Crippen molar-refractivity contribution in [2.45, 2.75) is 13.5 Å². The molecule has 2 aromatic heterocycles. The fraction of sp³-hybridized carbons (Fsp3) is 0.200. The Bertz CT molecular complexity index is 811. The Morgan fingerprint density at radius 2 is 2.05 bits per heavy atom. The number of pyridine rings is 1. The van der Waals surface area contributed by atoms with E-state index in [0.29, 0.717) is 16.6 Å². The number of halogens is 2. The molecule has 6 heteroatoms. The van der Waals surface area contributed by atoms with E-state index in [1.165, 1.54) is 0 Å². The molecule has 0 aliphatic rings. The van der Waals surface area contributed by atoms with Gasteiger partial charge in [-0.25, -0.2) is 4.98 Å². The Morgan fingerprint density at radius 3 is 2.81 bits per heavy atom. The lowest BCUT2D eigenvalue weighted by Gasteiger charge is -2.08. The quantitative estimate of drug-likeness (QED) is 0.786. The summed E-state index contributed by atoms with van der Waals surface area (Å²) in [5, 5.41) is 10.0. The minimum Gasteiger partial charge on any atom is -0.380 e. The highest BCUT2D eigenvalue weighted by molar-refractivity contribution is 6.35. The van der Waals surface area contributed by atoms with Gasteiger partial charge in [0.2, 0.25) is 0 Å². The molecule has 0 saturated carbocycles. The van der Waals surface area contributed by atoms with Crippen molar-refractivity contribution in [3.8, 4) is 0 Å². The van der Waals surface area contributed by atoms with E-state index >= 15 is 0 Å². The Labute approximate surface area is 132 Å². The number of benzene rings is 1. The van der Waals surface area contributed by atoms with E-state index in [9.17, 15) is 0 Å². The molecule has 3 rings (SSSR count). The molecule has 0 saturated heterocycles. The van der Waals surface area contributed by atoms with Crippen LogP contribution in [0.4, 0.5) is 5.69 Å². The summed E-state index contributed by atoms with van der Waals surface area (Å²) in [7, 11) is 1.89. The molecular formula is C15H14Cl2N4. The molecule has 0 atom stereocenters. The second-order valence-electron chi connectivity index (χ2n) is 4.89. The van der Waals surface area contributed by atoms with Gasteiger partial charge in [0, 0.05) is 29.0 Å². The molecule has 0 amide bonds. The standard InChI is InChI=1S/C15H14Cl2N4/c1-9-13-6-12(8-19-15(13)21(2)20-9)18-7-10-3-4-11(16)5-14(10)17/h3-6,8,18H,7H2,1-2H3. The van der Waals surface area contributed by atoms with Crippen LogP contribution in [0.3, 0.4) is 0 Å². The molecule has 0 aliphatic carbocycles. The third-order valence-electron chi connectivity index (χ3n) is 3.36. The lowest BCUT2D eigenvalue weighted by Crippen LogP contribution is -2.01. The molecule has 0 bridgehead atoms. The van der Waals surface area contributed by atoms with Crippen LogP contribution in [-0.2, 0) is 13.6 Å². The second kappa shape index (κ2) is 5.54. The van der Waals surface area contributed by atoms with Gasteiger partial charge in [-0.3, -0.25) is 4.68 Å². The van der Waals surface area contributed by atoms with Crippen LogP contribution >= 0.6 is 23.2 Å². The Hall–Kier alpha value is -1.78. The molecule has 0 spiro atoms. The van der Waals surface area contributed by atoms with Crippen LogP contribution in [0.5, 0.6) is 0 Å². The van der Waals surface area contributed by atoms with Crippen molar-refractivity contribution in [2.24, 2.45) is 7.05 Å². The molecule has 1 N–H and O–H groups in total. The van der Waals surface area contributed by atoms with Gasteiger partial charge in [-0.15, -0.1) is 0 Å². The molecule has 21 heavy (non-hydrogen) atoms. The molecule has 0 unspecified atom stereocenters. The predicted molar refractivity (Wildman–Crippen MR) is 87.0 cm³/mol. The summed E-state index contributed by atoms with van der Waals surface area (Å²) in [4.78, 5) is 4.43. The molecule has 3 aromatic rings. The zero-order chi connectivity index (χ0) is 15.0. The number of hydrogen-bond donors (Lipinski definition) is 1. The van der Waals surface area contributed by atoms with Crippen molar-refractivity contribution in [1.29, 1.82) is 0 Å². The Morgan fingerprint density at radius 1 is 1.24 bits per heavy atom. The Kier molecular flexibility index (Phi) is 3.74. The molecular weight excluding hydrogens is 307 g/mol. The molecule has 4 nitrogen and oxygen atoms in total. The molecule has 0 radical (unpaired) electrons. The summed E-state index contributed by atoms with van der Waals surface area (Å²) in [5.74, 6) is 0. The topological polar surface area (TPSA) is 42.7 Å². The van der Waals surface area contributed by atoms with Gasteiger partial charge in [-0.1, -0.05) is 29.3 Å². The first-order chi connectivity index (χ1) is 10.0. The van der Waals surface area contributed by atoms with Crippen LogP contribution in [0.2, 0.25) is 10.0 Å². The van der Waals surface area contributed by atoms with E-state index in [4.69, 9.17) is 23.2 Å². The van der Waals surface area contributed by atoms with Crippen molar-refractivity contribution in [2.75, 3.05) is 5.32 Å². The highest BCUT2D eigenvalue weighted by atomic mass is 35.5. The van der Waals surface area contributed by atoms with Gasteiger partial charge in [-0.2, -0.15) is 5.10 Å². The van der Waals surface area contributed by atoms with E-state index in [-0.39, 0.29) is 0 Å². The van der Waals surface area contributed by atoms with Crippen molar-refractivity contribution in [1.82, 2.24) is 14.8 Å². The predicted octanol–water partition coefficient (Wildman–Crippen LogP) is 4.20. The highest BCUT2D eigenvalue weighted by Gasteiger charge is 2.07. The van der Waals surface area contributed by atoms with Crippen molar-refractivity contribution >= 4 is 39.9 Å². The number of aryl methyl sites for hydroxylation is 2. The van der Waals surface area contributed by atoms with Gasteiger partial charge in [0.25, 0.3) is 0 Å². The van der Waals surface area contributed by atoms with E-state index in [1.807, 2.05) is 26.1 Å². The lowest BCUT2D eigenvalue weighted by atomic mass is 10.2. The van der Waals surface area contributed by atoms with Gasteiger partial charge in [-0.05, 0) is 30.7 Å². The Balaban J connectivity index is 1.83. The number of fused-ring (bicyclic) bond motifs is 1. The summed E-state index contributed by atoms with van der Waals surface area (Å²) in [6.45, 7) is 2.59. The van der Waals surface area contributed by atoms with Crippen LogP contribution in [-0.4, -0.2) is 14.8 Å². The minimum absolute atomic E-state index is 0.614. The van der Waals surface area contributed by atoms with E-state index in [2.05, 4.69) is 21.5 Å². The zero-order valence-electron chi connectivity index (χ0n) is 11.7. The number of nitrogens with zero attached hydrogens (tertiary/aromatic N) is 3. The third kappa shape index (κ3) is 2.82. The van der Waals surface area contributed by atoms with E-state index in [0.717, 1.165) is 28.0 Å². The summed E-state index contributed by atoms with van der Waals surface area (Å²) >= 11 is 12.1. The normalized spacial score (nSPS) is 11.0. The smallest absolute Gasteiger partial charge is 0.157 e. The first kappa shape index (κ1) is 14.2. The second-order valence-corrected chi connectivity index (χ2v) is 5.74. The van der Waals surface area contributed by atoms with Crippen LogP contribution < -0.4 is 5.32 Å². The average molecular weight is 321 g/mol. The average Bonchev–Trinajstić information content (AvgIpc) is 2.73. The number of aromatic nitrogens is 3. The first-order valence-corrected chi connectivity index (χ1v) is 7.27. The largest absolute Gasteiger partial charge is 0.380 e. The van der Waals surface area contributed by atoms with E-state index < -0.39 is 0 Å². The lowest BCUT2D eigenvalue weighted by molar-refractivity contribution is 0.774. The molecule has 2 heterocycles.